The molecule has 0 spiro atoms. The highest BCUT2D eigenvalue weighted by molar-refractivity contribution is 7.33. The maximum Gasteiger partial charge on any atom is 0.320 e. The lowest BCUT2D eigenvalue weighted by Gasteiger charge is -2.25. The Kier molecular flexibility index (Phi) is 6.81. The predicted molar refractivity (Wildman–Crippen MR) is 51.1 cm³/mol. The minimum atomic E-state index is -3.30. The van der Waals surface area contributed by atoms with Crippen LogP contribution in [0, 0.1) is 0 Å². The third-order valence-corrected chi connectivity index (χ3v) is 2.44. The fraction of sp³-hybridized carbons (Fsp3) is 1.00. The first-order valence-corrected chi connectivity index (χ1v) is 6.55. The summed E-state index contributed by atoms with van der Waals surface area (Å²) in [4.78, 5) is 17.0. The van der Waals surface area contributed by atoms with E-state index in [-0.39, 0.29) is 6.42 Å². The molecule has 4 N–H and O–H groups in total. The largest absolute Gasteiger partial charge is 0.326 e. The Labute approximate surface area is 83.1 Å². The maximum atomic E-state index is 10.4. The monoisotopic (exact) mass is 247 g/mol. The Morgan fingerprint density at radius 3 is 2.00 bits per heavy atom. The molecule has 0 radical (unpaired) electrons. The van der Waals surface area contributed by atoms with Gasteiger partial charge in [0.05, 0.1) is 0 Å². The van der Waals surface area contributed by atoms with Crippen LogP contribution in [0.1, 0.15) is 26.2 Å². The molecule has 0 saturated carbocycles. The Balaban J connectivity index is 4.31. The van der Waals surface area contributed by atoms with E-state index in [0.717, 1.165) is 6.42 Å². The summed E-state index contributed by atoms with van der Waals surface area (Å²) < 4.78 is 29.5. The van der Waals surface area contributed by atoms with Crippen LogP contribution in [0.15, 0.2) is 0 Å². The minimum Gasteiger partial charge on any atom is -0.326 e. The second-order valence-electron chi connectivity index (χ2n) is 2.65. The fourth-order valence-corrected chi connectivity index (χ4v) is 1.80. The summed E-state index contributed by atoms with van der Waals surface area (Å²) >= 11 is 0. The van der Waals surface area contributed by atoms with Gasteiger partial charge in [0.25, 0.3) is 0 Å². The summed E-state index contributed by atoms with van der Waals surface area (Å²) in [6.45, 7) is 1.87. The van der Waals surface area contributed by atoms with Gasteiger partial charge in [-0.1, -0.05) is 13.3 Å². The van der Waals surface area contributed by atoms with E-state index in [1.807, 2.05) is 6.92 Å². The molecule has 86 valence electrons. The molecule has 0 aromatic rings. The molecule has 0 fully saturated rings. The third-order valence-electron chi connectivity index (χ3n) is 1.40. The van der Waals surface area contributed by atoms with Crippen molar-refractivity contribution >= 4 is 16.5 Å². The zero-order valence-electron chi connectivity index (χ0n) is 7.73. The first-order valence-electron chi connectivity index (χ1n) is 4.02. The zero-order chi connectivity index (χ0) is 11.2. The molecule has 7 nitrogen and oxygen atoms in total. The molecule has 0 bridgehead atoms. The molecular weight excluding hydrogens is 232 g/mol. The molecule has 2 unspecified atom stereocenters. The van der Waals surface area contributed by atoms with E-state index in [2.05, 4.69) is 9.05 Å². The number of hydrogen-bond acceptors (Lipinski definition) is 5. The van der Waals surface area contributed by atoms with Gasteiger partial charge in [-0.2, -0.15) is 0 Å². The van der Waals surface area contributed by atoms with Crippen LogP contribution in [0.4, 0.5) is 0 Å². The molecule has 0 aliphatic carbocycles. The van der Waals surface area contributed by atoms with Crippen LogP contribution < -0.4 is 5.73 Å². The van der Waals surface area contributed by atoms with Crippen LogP contribution in [-0.4, -0.2) is 15.7 Å². The van der Waals surface area contributed by atoms with E-state index < -0.39 is 22.4 Å². The summed E-state index contributed by atoms with van der Waals surface area (Å²) in [5.41, 5.74) is 5.37. The average molecular weight is 247 g/mol. The summed E-state index contributed by atoms with van der Waals surface area (Å²) in [6.07, 6.45) is 1.39. The van der Waals surface area contributed by atoms with Gasteiger partial charge >= 0.3 is 16.5 Å². The standard InChI is InChI=1S/C5H15NO6P2/c1-2-3-4-5(6,11-13(7)8)12-14(9)10/h13-14H,2-4,6H2,1H3,(H,7,8)(H,9,10). The van der Waals surface area contributed by atoms with Gasteiger partial charge in [-0.15, -0.1) is 0 Å². The average Bonchev–Trinajstić information content (AvgIpc) is 1.97. The van der Waals surface area contributed by atoms with E-state index in [1.165, 1.54) is 0 Å². The molecule has 2 atom stereocenters. The molecule has 14 heavy (non-hydrogen) atoms. The van der Waals surface area contributed by atoms with Crippen molar-refractivity contribution in [2.75, 3.05) is 0 Å². The zero-order valence-corrected chi connectivity index (χ0v) is 9.73. The molecular formula is C5H15NO6P2. The van der Waals surface area contributed by atoms with Gasteiger partial charge in [0.2, 0.25) is 5.91 Å². The van der Waals surface area contributed by atoms with Crippen molar-refractivity contribution in [3.63, 3.8) is 0 Å². The van der Waals surface area contributed by atoms with Gasteiger partial charge in [0.1, 0.15) is 0 Å². The van der Waals surface area contributed by atoms with Gasteiger partial charge in [0.15, 0.2) is 0 Å². The van der Waals surface area contributed by atoms with Gasteiger partial charge in [-0.3, -0.25) is 23.9 Å². The van der Waals surface area contributed by atoms with Crippen LogP contribution in [0.3, 0.4) is 0 Å². The van der Waals surface area contributed by atoms with Crippen LogP contribution in [0.25, 0.3) is 0 Å². The Bertz CT molecular complexity index is 206. The minimum absolute atomic E-state index is 0.0808. The lowest BCUT2D eigenvalue weighted by Crippen LogP contribution is -2.42. The number of rotatable bonds is 7. The normalized spacial score (nSPS) is 20.0. The highest BCUT2D eigenvalue weighted by Gasteiger charge is 2.30. The van der Waals surface area contributed by atoms with E-state index in [0.29, 0.717) is 6.42 Å². The lowest BCUT2D eigenvalue weighted by atomic mass is 10.2. The maximum absolute atomic E-state index is 10.4. The highest BCUT2D eigenvalue weighted by Crippen LogP contribution is 2.33. The molecule has 0 heterocycles. The quantitative estimate of drug-likeness (QED) is 0.444. The van der Waals surface area contributed by atoms with Gasteiger partial charge in [-0.25, -0.2) is 0 Å². The lowest BCUT2D eigenvalue weighted by molar-refractivity contribution is -0.116. The van der Waals surface area contributed by atoms with Crippen LogP contribution in [0.2, 0.25) is 0 Å². The van der Waals surface area contributed by atoms with Crippen molar-refractivity contribution in [1.82, 2.24) is 0 Å². The van der Waals surface area contributed by atoms with E-state index in [1.54, 1.807) is 0 Å². The summed E-state index contributed by atoms with van der Waals surface area (Å²) in [5, 5.41) is 0. The fourth-order valence-electron chi connectivity index (χ4n) is 0.842. The van der Waals surface area contributed by atoms with E-state index >= 15 is 0 Å². The van der Waals surface area contributed by atoms with Gasteiger partial charge in [-0.05, 0) is 6.42 Å². The second kappa shape index (κ2) is 6.69. The molecule has 9 heteroatoms. The van der Waals surface area contributed by atoms with Gasteiger partial charge < -0.3 is 9.79 Å². The topological polar surface area (TPSA) is 119 Å². The first-order chi connectivity index (χ1) is 6.39. The Morgan fingerprint density at radius 1 is 1.29 bits per heavy atom. The second-order valence-corrected chi connectivity index (χ2v) is 4.12. The van der Waals surface area contributed by atoms with Crippen LogP contribution in [-0.2, 0) is 18.2 Å². The molecule has 0 aromatic carbocycles. The molecule has 0 rings (SSSR count). The molecule has 0 aliphatic heterocycles. The first kappa shape index (κ1) is 14.3. The smallest absolute Gasteiger partial charge is 0.320 e. The molecule has 0 amide bonds. The van der Waals surface area contributed by atoms with Crippen molar-refractivity contribution in [3.05, 3.63) is 0 Å². The predicted octanol–water partition coefficient (Wildman–Crippen LogP) is 0.586. The highest BCUT2D eigenvalue weighted by atomic mass is 31.1. The molecule has 0 aliphatic rings. The van der Waals surface area contributed by atoms with Crippen molar-refractivity contribution < 1.29 is 28.0 Å². The van der Waals surface area contributed by atoms with Crippen LogP contribution in [0.5, 0.6) is 0 Å². The summed E-state index contributed by atoms with van der Waals surface area (Å²) in [5.74, 6) is -1.94. The number of hydrogen-bond donors (Lipinski definition) is 3. The van der Waals surface area contributed by atoms with Crippen molar-refractivity contribution in [2.45, 2.75) is 32.1 Å². The number of unbranched alkanes of at least 4 members (excludes halogenated alkanes) is 1. The Morgan fingerprint density at radius 2 is 1.71 bits per heavy atom. The summed E-state index contributed by atoms with van der Waals surface area (Å²) in [7, 11) is -6.60. The van der Waals surface area contributed by atoms with Crippen molar-refractivity contribution in [1.29, 1.82) is 0 Å². The molecule has 0 aromatic heterocycles. The van der Waals surface area contributed by atoms with Crippen molar-refractivity contribution in [3.8, 4) is 0 Å². The van der Waals surface area contributed by atoms with Gasteiger partial charge in [0, 0.05) is 6.42 Å². The van der Waals surface area contributed by atoms with E-state index in [9.17, 15) is 9.13 Å². The SMILES string of the molecule is CCCCC(N)(O[PH](=O)O)O[PH](=O)O. The number of nitrogens with two attached hydrogens (primary N) is 1. The third kappa shape index (κ3) is 6.68. The molecule has 0 saturated heterocycles. The summed E-state index contributed by atoms with van der Waals surface area (Å²) in [6, 6.07) is 0. The van der Waals surface area contributed by atoms with Crippen molar-refractivity contribution in [2.24, 2.45) is 5.73 Å². The van der Waals surface area contributed by atoms with Crippen LogP contribution >= 0.6 is 16.5 Å². The van der Waals surface area contributed by atoms with E-state index in [4.69, 9.17) is 15.5 Å². The Hall–Kier alpha value is 0.260.